The Morgan fingerprint density at radius 3 is 1.80 bits per heavy atom. The zero-order valence-electron chi connectivity index (χ0n) is 15.1. The molecule has 0 fully saturated rings. The van der Waals surface area contributed by atoms with E-state index in [2.05, 4.69) is 85.7 Å². The summed E-state index contributed by atoms with van der Waals surface area (Å²) in [6.45, 7) is 2.25. The van der Waals surface area contributed by atoms with Crippen LogP contribution in [-0.2, 0) is 14.0 Å². The van der Waals surface area contributed by atoms with Gasteiger partial charge in [0.2, 0.25) is 0 Å². The Morgan fingerprint density at radius 2 is 1.36 bits per heavy atom. The van der Waals surface area contributed by atoms with E-state index in [0.29, 0.717) is 4.22 Å². The van der Waals surface area contributed by atoms with E-state index in [0.717, 1.165) is 0 Å². The summed E-state index contributed by atoms with van der Waals surface area (Å²) in [5.74, 6) is 0. The zero-order valence-corrected chi connectivity index (χ0v) is 19.7. The first-order valence-electron chi connectivity index (χ1n) is 8.50. The van der Waals surface area contributed by atoms with E-state index in [1.165, 1.54) is 23.1 Å². The summed E-state index contributed by atoms with van der Waals surface area (Å²) in [7, 11) is 2.36. The topological polar surface area (TPSA) is 0 Å². The fraction of sp³-hybridized carbons (Fsp3) is 0.238. The summed E-state index contributed by atoms with van der Waals surface area (Å²) in [5, 5.41) is 5.27. The summed E-state index contributed by atoms with van der Waals surface area (Å²) >= 11 is -2.85. The first-order valence-corrected chi connectivity index (χ1v) is 17.3. The molecule has 0 radical (unpaired) electrons. The van der Waals surface area contributed by atoms with Crippen LogP contribution >= 0.6 is 24.8 Å². The van der Waals surface area contributed by atoms with Crippen molar-refractivity contribution in [2.24, 2.45) is 0 Å². The summed E-state index contributed by atoms with van der Waals surface area (Å²) < 4.78 is 2.35. The van der Waals surface area contributed by atoms with Crippen LogP contribution in [0.2, 0.25) is 10.5 Å². The molecule has 0 amide bonds. The monoisotopic (exact) mass is 424 g/mol. The maximum absolute atomic E-state index is 2.85. The van der Waals surface area contributed by atoms with Crippen molar-refractivity contribution in [2.45, 2.75) is 28.0 Å². The third-order valence-corrected chi connectivity index (χ3v) is 17.1. The number of hydrogen-bond donors (Lipinski definition) is 0. The normalized spacial score (nSPS) is 16.2. The van der Waals surface area contributed by atoms with Gasteiger partial charge in [0.05, 0.1) is 0 Å². The molecule has 0 heterocycles. The number of rotatable bonds is 2. The molecule has 2 aromatic carbocycles. The van der Waals surface area contributed by atoms with Gasteiger partial charge in [-0.05, 0) is 0 Å². The summed E-state index contributed by atoms with van der Waals surface area (Å²) in [6, 6.07) is 18.2. The summed E-state index contributed by atoms with van der Waals surface area (Å²) in [4.78, 5) is 0. The van der Waals surface area contributed by atoms with Gasteiger partial charge in [-0.25, -0.2) is 0 Å². The predicted octanol–water partition coefficient (Wildman–Crippen LogP) is 6.17. The molecule has 2 aliphatic rings. The molecule has 132 valence electrons. The molecular formula is C21H26Cl2SiTi. The van der Waals surface area contributed by atoms with Gasteiger partial charge in [-0.1, -0.05) is 0 Å². The molecule has 0 atom stereocenters. The van der Waals surface area contributed by atoms with Crippen LogP contribution in [0.1, 0.15) is 28.7 Å². The van der Waals surface area contributed by atoms with Gasteiger partial charge in [0.15, 0.2) is 0 Å². The predicted molar refractivity (Wildman–Crippen MR) is 115 cm³/mol. The Morgan fingerprint density at radius 1 is 0.880 bits per heavy atom. The van der Waals surface area contributed by atoms with E-state index in [4.69, 9.17) is 0 Å². The Labute approximate surface area is 166 Å². The molecule has 4 rings (SSSR count). The van der Waals surface area contributed by atoms with Gasteiger partial charge >= 0.3 is 142 Å². The van der Waals surface area contributed by atoms with Gasteiger partial charge in [-0.15, -0.1) is 24.8 Å². The fourth-order valence-corrected chi connectivity index (χ4v) is 14.2. The molecule has 2 aliphatic carbocycles. The van der Waals surface area contributed by atoms with Gasteiger partial charge in [0, 0.05) is 0 Å². The first-order chi connectivity index (χ1) is 10.9. The smallest absolute Gasteiger partial charge is 0.147 e. The fourth-order valence-electron chi connectivity index (χ4n) is 4.57. The molecule has 25 heavy (non-hydrogen) atoms. The molecule has 0 unspecified atom stereocenters. The van der Waals surface area contributed by atoms with Crippen molar-refractivity contribution in [3.8, 4) is 11.1 Å². The maximum atomic E-state index is 2.64. The molecule has 0 saturated carbocycles. The van der Waals surface area contributed by atoms with Crippen molar-refractivity contribution in [3.05, 3.63) is 81.3 Å². The van der Waals surface area contributed by atoms with Gasteiger partial charge < -0.3 is 0 Å². The van der Waals surface area contributed by atoms with Crippen LogP contribution in [0.3, 0.4) is 0 Å². The van der Waals surface area contributed by atoms with E-state index >= 15 is 0 Å². The van der Waals surface area contributed by atoms with E-state index in [1.54, 1.807) is 15.0 Å². The molecule has 0 nitrogen and oxygen atoms in total. The van der Waals surface area contributed by atoms with Crippen LogP contribution in [0.4, 0.5) is 0 Å². The van der Waals surface area contributed by atoms with Gasteiger partial charge in [0.25, 0.3) is 0 Å². The number of benzene rings is 2. The second kappa shape index (κ2) is 6.87. The number of allylic oxidation sites excluding steroid dienone is 4. The largest absolute Gasteiger partial charge is 0.147 e. The molecule has 2 aromatic rings. The Bertz CT molecular complexity index is 904. The molecule has 0 N–H and O–H groups in total. The Kier molecular flexibility index (Phi) is 5.70. The van der Waals surface area contributed by atoms with E-state index in [9.17, 15) is 0 Å². The molecule has 0 bridgehead atoms. The molecule has 0 aromatic heterocycles. The van der Waals surface area contributed by atoms with Crippen LogP contribution in [0.15, 0.2) is 70.1 Å². The van der Waals surface area contributed by atoms with Crippen molar-refractivity contribution in [3.63, 3.8) is 0 Å². The SMILES string of the molecule is CC1=CC[C]([Ti]([CH3])([CH3])(=[SiH2])[CH]2c3ccccc3-c3ccccc32)=C1.Cl.Cl. The number of fused-ring (bicyclic) bond motifs is 3. The van der Waals surface area contributed by atoms with E-state index in [-0.39, 0.29) is 24.8 Å². The van der Waals surface area contributed by atoms with Crippen LogP contribution in [-0.4, -0.2) is 7.63 Å². The average Bonchev–Trinajstić information content (AvgIpc) is 3.09. The standard InChI is InChI=1S/C13H9.C6H7.2CH3.2ClH.H2Si.Ti/c1-3-7-12-10(5-1)9-11-6-2-4-8-13(11)12;1-6-4-2-3-5-6;;;;;;/h1-9H;4-5H,2H2,1H3;2*1H3;2*1H;1H2;. The van der Waals surface area contributed by atoms with Crippen molar-refractivity contribution < 1.29 is 14.0 Å². The Hall–Kier alpha value is -0.569. The van der Waals surface area contributed by atoms with E-state index in [1.807, 2.05) is 0 Å². The van der Waals surface area contributed by atoms with Crippen LogP contribution < -0.4 is 0 Å². The van der Waals surface area contributed by atoms with Crippen LogP contribution in [0.25, 0.3) is 11.1 Å². The average molecular weight is 425 g/mol. The summed E-state index contributed by atoms with van der Waals surface area (Å²) in [6.07, 6.45) is 6.07. The Balaban J connectivity index is 0.00000113. The van der Waals surface area contributed by atoms with Crippen molar-refractivity contribution in [2.75, 3.05) is 0 Å². The third kappa shape index (κ3) is 3.15. The van der Waals surface area contributed by atoms with Crippen molar-refractivity contribution in [1.29, 1.82) is 0 Å². The molecule has 0 spiro atoms. The van der Waals surface area contributed by atoms with Gasteiger partial charge in [-0.2, -0.15) is 0 Å². The molecule has 0 saturated heterocycles. The second-order valence-corrected chi connectivity index (χ2v) is 27.9. The van der Waals surface area contributed by atoms with E-state index < -0.39 is 14.0 Å². The van der Waals surface area contributed by atoms with Crippen LogP contribution in [0.5, 0.6) is 0 Å². The molecule has 4 heteroatoms. The summed E-state index contributed by atoms with van der Waals surface area (Å²) in [5.41, 5.74) is 7.50. The van der Waals surface area contributed by atoms with Crippen molar-refractivity contribution >= 4 is 32.4 Å². The number of halogens is 2. The molecular weight excluding hydrogens is 399 g/mol. The van der Waals surface area contributed by atoms with Crippen LogP contribution in [0, 0.1) is 0 Å². The second-order valence-electron chi connectivity index (χ2n) is 8.24. The minimum Gasteiger partial charge on any atom is -0.147 e. The maximum Gasteiger partial charge on any atom is -0.147 e. The van der Waals surface area contributed by atoms with Gasteiger partial charge in [0.1, 0.15) is 0 Å². The minimum atomic E-state index is -2.85. The minimum absolute atomic E-state index is 0. The molecule has 0 aliphatic heterocycles. The van der Waals surface area contributed by atoms with Gasteiger partial charge in [-0.3, -0.25) is 0 Å². The first kappa shape index (κ1) is 20.7. The van der Waals surface area contributed by atoms with Crippen molar-refractivity contribution in [1.82, 2.24) is 0 Å². The quantitative estimate of drug-likeness (QED) is 0.505. The zero-order chi connectivity index (χ0) is 16.3. The number of hydrogen-bond acceptors (Lipinski definition) is 0. The third-order valence-electron chi connectivity index (χ3n) is 5.86.